The molecule has 120 valence electrons. The van der Waals surface area contributed by atoms with Gasteiger partial charge in [-0.2, -0.15) is 0 Å². The highest BCUT2D eigenvalue weighted by Crippen LogP contribution is 2.28. The van der Waals surface area contributed by atoms with Crippen molar-refractivity contribution in [3.05, 3.63) is 58.4 Å². The molecule has 0 saturated heterocycles. The second-order valence-electron chi connectivity index (χ2n) is 4.50. The summed E-state index contributed by atoms with van der Waals surface area (Å²) in [6.45, 7) is 2.08. The minimum atomic E-state index is -0.642. The quantitative estimate of drug-likeness (QED) is 0.802. The summed E-state index contributed by atoms with van der Waals surface area (Å²) in [6.07, 6.45) is 0. The molecule has 23 heavy (non-hydrogen) atoms. The van der Waals surface area contributed by atoms with Crippen LogP contribution < -0.4 is 10.1 Å². The number of hydrogen-bond acceptors (Lipinski definition) is 3. The summed E-state index contributed by atoms with van der Waals surface area (Å²) in [5, 5.41) is 2.05. The summed E-state index contributed by atoms with van der Waals surface area (Å²) in [6, 6.07) is 7.83. The molecule has 2 aromatic carbocycles. The summed E-state index contributed by atoms with van der Waals surface area (Å²) in [5.74, 6) is -0.895. The third kappa shape index (κ3) is 4.21. The minimum absolute atomic E-state index is 0.00777. The first-order valence-electron chi connectivity index (χ1n) is 6.65. The molecule has 0 heterocycles. The van der Waals surface area contributed by atoms with Crippen molar-refractivity contribution in [3.8, 4) is 5.75 Å². The molecular formula is C16H12Cl2FNO3. The number of halogens is 3. The van der Waals surface area contributed by atoms with Crippen LogP contribution in [0.4, 0.5) is 10.1 Å². The molecular weight excluding hydrogens is 344 g/mol. The van der Waals surface area contributed by atoms with Crippen molar-refractivity contribution < 1.29 is 18.7 Å². The van der Waals surface area contributed by atoms with Gasteiger partial charge in [0.1, 0.15) is 11.6 Å². The monoisotopic (exact) mass is 355 g/mol. The van der Waals surface area contributed by atoms with Crippen molar-refractivity contribution in [3.63, 3.8) is 0 Å². The Morgan fingerprint density at radius 3 is 2.61 bits per heavy atom. The van der Waals surface area contributed by atoms with Gasteiger partial charge in [-0.15, -0.1) is 0 Å². The first-order chi connectivity index (χ1) is 10.9. The normalized spacial score (nSPS) is 10.3. The van der Waals surface area contributed by atoms with E-state index in [0.717, 1.165) is 12.1 Å². The average Bonchev–Trinajstić information content (AvgIpc) is 2.51. The predicted molar refractivity (Wildman–Crippen MR) is 87.2 cm³/mol. The van der Waals surface area contributed by atoms with E-state index in [-0.39, 0.29) is 21.9 Å². The molecule has 0 atom stereocenters. The Kier molecular flexibility index (Phi) is 5.58. The van der Waals surface area contributed by atoms with Gasteiger partial charge in [0.2, 0.25) is 0 Å². The van der Waals surface area contributed by atoms with Crippen molar-refractivity contribution in [1.29, 1.82) is 0 Å². The van der Waals surface area contributed by atoms with Gasteiger partial charge in [0, 0.05) is 5.56 Å². The number of rotatable bonds is 5. The molecule has 0 radical (unpaired) electrons. The highest BCUT2D eigenvalue weighted by atomic mass is 35.5. The maximum Gasteiger partial charge on any atom is 0.257 e. The standard InChI is InChI=1S/C16H12Cl2FNO3/c1-2-23-14-7-9(15(18)21)3-6-13(14)20-16(22)11-8-10(19)4-5-12(11)17/h3-8H,2H2,1H3,(H,20,22). The van der Waals surface area contributed by atoms with Crippen LogP contribution >= 0.6 is 23.2 Å². The molecule has 0 aliphatic carbocycles. The zero-order chi connectivity index (χ0) is 17.0. The van der Waals surface area contributed by atoms with E-state index in [1.54, 1.807) is 6.92 Å². The van der Waals surface area contributed by atoms with Gasteiger partial charge in [0.25, 0.3) is 11.1 Å². The van der Waals surface area contributed by atoms with E-state index >= 15 is 0 Å². The molecule has 4 nitrogen and oxygen atoms in total. The van der Waals surface area contributed by atoms with E-state index in [1.807, 2.05) is 0 Å². The number of amides is 1. The van der Waals surface area contributed by atoms with Crippen LogP contribution in [0.3, 0.4) is 0 Å². The summed E-state index contributed by atoms with van der Waals surface area (Å²) in [5.41, 5.74) is 0.544. The lowest BCUT2D eigenvalue weighted by Gasteiger charge is -2.13. The minimum Gasteiger partial charge on any atom is -0.492 e. The molecule has 0 unspecified atom stereocenters. The number of hydrogen-bond donors (Lipinski definition) is 1. The van der Waals surface area contributed by atoms with Crippen molar-refractivity contribution in [2.75, 3.05) is 11.9 Å². The SMILES string of the molecule is CCOc1cc(C(=O)Cl)ccc1NC(=O)c1cc(F)ccc1Cl. The van der Waals surface area contributed by atoms with E-state index in [0.29, 0.717) is 12.3 Å². The van der Waals surface area contributed by atoms with E-state index in [2.05, 4.69) is 5.32 Å². The molecule has 0 saturated carbocycles. The lowest BCUT2D eigenvalue weighted by Crippen LogP contribution is -2.14. The van der Waals surface area contributed by atoms with Crippen LogP contribution in [0, 0.1) is 5.82 Å². The molecule has 1 N–H and O–H groups in total. The van der Waals surface area contributed by atoms with Gasteiger partial charge < -0.3 is 10.1 Å². The van der Waals surface area contributed by atoms with E-state index in [4.69, 9.17) is 27.9 Å². The van der Waals surface area contributed by atoms with Crippen LogP contribution in [0.15, 0.2) is 36.4 Å². The molecule has 7 heteroatoms. The first-order valence-corrected chi connectivity index (χ1v) is 7.41. The first kappa shape index (κ1) is 17.2. The molecule has 0 bridgehead atoms. The fraction of sp³-hybridized carbons (Fsp3) is 0.125. The maximum absolute atomic E-state index is 13.3. The van der Waals surface area contributed by atoms with Gasteiger partial charge in [0.15, 0.2) is 0 Å². The third-order valence-electron chi connectivity index (χ3n) is 2.93. The van der Waals surface area contributed by atoms with Gasteiger partial charge in [-0.05, 0) is 54.9 Å². The second-order valence-corrected chi connectivity index (χ2v) is 5.25. The van der Waals surface area contributed by atoms with Gasteiger partial charge >= 0.3 is 0 Å². The summed E-state index contributed by atoms with van der Waals surface area (Å²) in [4.78, 5) is 23.5. The smallest absolute Gasteiger partial charge is 0.257 e. The van der Waals surface area contributed by atoms with Crippen LogP contribution in [0.1, 0.15) is 27.6 Å². The number of benzene rings is 2. The third-order valence-corrected chi connectivity index (χ3v) is 3.48. The summed E-state index contributed by atoms with van der Waals surface area (Å²) in [7, 11) is 0. The van der Waals surface area contributed by atoms with Gasteiger partial charge in [-0.25, -0.2) is 4.39 Å². The van der Waals surface area contributed by atoms with Crippen molar-refractivity contribution >= 4 is 40.0 Å². The van der Waals surface area contributed by atoms with Crippen molar-refractivity contribution in [2.45, 2.75) is 6.92 Å². The lowest BCUT2D eigenvalue weighted by molar-refractivity contribution is 0.102. The fourth-order valence-corrected chi connectivity index (χ4v) is 2.20. The number of anilines is 1. The highest BCUT2D eigenvalue weighted by Gasteiger charge is 2.15. The lowest BCUT2D eigenvalue weighted by atomic mass is 10.1. The predicted octanol–water partition coefficient (Wildman–Crippen LogP) is 4.51. The second kappa shape index (κ2) is 7.44. The maximum atomic E-state index is 13.3. The summed E-state index contributed by atoms with van der Waals surface area (Å²) < 4.78 is 18.7. The summed E-state index contributed by atoms with van der Waals surface area (Å²) >= 11 is 11.3. The largest absolute Gasteiger partial charge is 0.492 e. The van der Waals surface area contributed by atoms with Gasteiger partial charge in [-0.1, -0.05) is 11.6 Å². The number of carbonyl (C=O) groups is 2. The highest BCUT2D eigenvalue weighted by molar-refractivity contribution is 6.67. The Labute approximate surface area is 142 Å². The van der Waals surface area contributed by atoms with Crippen LogP contribution in [0.25, 0.3) is 0 Å². The van der Waals surface area contributed by atoms with Gasteiger partial charge in [-0.3, -0.25) is 9.59 Å². The van der Waals surface area contributed by atoms with Crippen molar-refractivity contribution in [1.82, 2.24) is 0 Å². The topological polar surface area (TPSA) is 55.4 Å². The Balaban J connectivity index is 2.33. The van der Waals surface area contributed by atoms with E-state index < -0.39 is 17.0 Å². The number of nitrogens with one attached hydrogen (secondary N) is 1. The average molecular weight is 356 g/mol. The Morgan fingerprint density at radius 2 is 1.96 bits per heavy atom. The molecule has 2 aromatic rings. The Morgan fingerprint density at radius 1 is 1.22 bits per heavy atom. The van der Waals surface area contributed by atoms with Gasteiger partial charge in [0.05, 0.1) is 22.9 Å². The molecule has 0 aromatic heterocycles. The van der Waals surface area contributed by atoms with Crippen LogP contribution in [0.2, 0.25) is 5.02 Å². The number of ether oxygens (including phenoxy) is 1. The molecule has 2 rings (SSSR count). The Hall–Kier alpha value is -2.11. The van der Waals surface area contributed by atoms with Crippen LogP contribution in [0.5, 0.6) is 5.75 Å². The fourth-order valence-electron chi connectivity index (χ4n) is 1.88. The Bertz CT molecular complexity index is 765. The van der Waals surface area contributed by atoms with Crippen LogP contribution in [-0.4, -0.2) is 17.8 Å². The molecule has 1 amide bonds. The van der Waals surface area contributed by atoms with E-state index in [9.17, 15) is 14.0 Å². The molecule has 0 aliphatic rings. The molecule has 0 aliphatic heterocycles. The molecule has 0 spiro atoms. The van der Waals surface area contributed by atoms with Crippen molar-refractivity contribution in [2.24, 2.45) is 0 Å². The number of carbonyl (C=O) groups excluding carboxylic acids is 2. The van der Waals surface area contributed by atoms with Crippen LogP contribution in [-0.2, 0) is 0 Å². The zero-order valence-electron chi connectivity index (χ0n) is 12.0. The van der Waals surface area contributed by atoms with E-state index in [1.165, 1.54) is 24.3 Å². The zero-order valence-corrected chi connectivity index (χ0v) is 13.5. The molecule has 0 fully saturated rings.